The van der Waals surface area contributed by atoms with E-state index in [4.69, 9.17) is 4.74 Å². The average molecular weight is 367 g/mol. The molecular weight excluding hydrogens is 336 g/mol. The van der Waals surface area contributed by atoms with Crippen molar-refractivity contribution in [3.05, 3.63) is 29.8 Å². The van der Waals surface area contributed by atoms with E-state index >= 15 is 0 Å². The van der Waals surface area contributed by atoms with E-state index in [-0.39, 0.29) is 16.7 Å². The fourth-order valence-electron chi connectivity index (χ4n) is 3.22. The van der Waals surface area contributed by atoms with Crippen molar-refractivity contribution in [2.75, 3.05) is 18.9 Å². The summed E-state index contributed by atoms with van der Waals surface area (Å²) >= 11 is 1.79. The van der Waals surface area contributed by atoms with E-state index in [9.17, 15) is 10.0 Å². The predicted molar refractivity (Wildman–Crippen MR) is 102 cm³/mol. The Kier molecular flexibility index (Phi) is 7.59. The summed E-state index contributed by atoms with van der Waals surface area (Å²) in [5, 5.41) is 9.18. The minimum Gasteiger partial charge on any atom is -0.494 e. The van der Waals surface area contributed by atoms with Crippen LogP contribution in [0.1, 0.15) is 45.6 Å². The predicted octanol–water partition coefficient (Wildman–Crippen LogP) is 3.46. The quantitative estimate of drug-likeness (QED) is 0.440. The Bertz CT molecular complexity index is 548. The number of benzene rings is 1. The zero-order valence-corrected chi connectivity index (χ0v) is 16.3. The Balaban J connectivity index is 2.08. The van der Waals surface area contributed by atoms with E-state index in [1.54, 1.807) is 11.8 Å². The van der Waals surface area contributed by atoms with Gasteiger partial charge in [-0.2, -0.15) is 11.8 Å². The first-order chi connectivity index (χ1) is 12.0. The van der Waals surface area contributed by atoms with E-state index in [1.165, 1.54) is 0 Å². The van der Waals surface area contributed by atoms with Crippen molar-refractivity contribution in [1.29, 1.82) is 0 Å². The number of carbonyl (C=O) groups is 1. The molecule has 1 aliphatic rings. The van der Waals surface area contributed by atoms with E-state index in [2.05, 4.69) is 37.8 Å². The summed E-state index contributed by atoms with van der Waals surface area (Å²) < 4.78 is 5.45. The molecule has 5 nitrogen and oxygen atoms in total. The molecule has 0 unspecified atom stereocenters. The molecule has 0 bridgehead atoms. The number of ether oxygens (including phenoxy) is 1. The van der Waals surface area contributed by atoms with Crippen LogP contribution in [0.4, 0.5) is 0 Å². The number of carbonyl (C=O) groups excluding carboxylic acids is 1. The van der Waals surface area contributed by atoms with Crippen molar-refractivity contribution in [3.8, 4) is 5.75 Å². The molecule has 1 amide bonds. The topological polar surface area (TPSA) is 61.8 Å². The lowest BCUT2D eigenvalue weighted by atomic mass is 9.99. The Morgan fingerprint density at radius 3 is 2.76 bits per heavy atom. The van der Waals surface area contributed by atoms with Crippen LogP contribution in [-0.4, -0.2) is 45.7 Å². The number of amides is 1. The molecule has 2 rings (SSSR count). The Labute approximate surface area is 155 Å². The number of hydroxylamine groups is 1. The van der Waals surface area contributed by atoms with Crippen molar-refractivity contribution in [2.45, 2.75) is 57.4 Å². The summed E-state index contributed by atoms with van der Waals surface area (Å²) in [6.45, 7) is 8.54. The lowest BCUT2D eigenvalue weighted by molar-refractivity contribution is -0.136. The molecule has 0 saturated carbocycles. The van der Waals surface area contributed by atoms with Gasteiger partial charge in [-0.25, -0.2) is 5.48 Å². The van der Waals surface area contributed by atoms with Crippen LogP contribution >= 0.6 is 11.8 Å². The van der Waals surface area contributed by atoms with Crippen LogP contribution in [0.2, 0.25) is 0 Å². The number of hydrogen-bond acceptors (Lipinski definition) is 5. The SMILES string of the molecule is CCCCOc1ccc(CN2CCCSC(C)(C)[C@@H]2C(=O)NO)cc1. The minimum atomic E-state index is -0.370. The van der Waals surface area contributed by atoms with Gasteiger partial charge in [0.1, 0.15) is 11.8 Å². The van der Waals surface area contributed by atoms with Crippen LogP contribution < -0.4 is 10.2 Å². The maximum atomic E-state index is 12.3. The van der Waals surface area contributed by atoms with Crippen LogP contribution in [0.3, 0.4) is 0 Å². The first-order valence-electron chi connectivity index (χ1n) is 9.01. The average Bonchev–Trinajstić information content (AvgIpc) is 2.74. The number of rotatable bonds is 7. The molecule has 1 saturated heterocycles. The molecule has 1 atom stereocenters. The molecule has 0 radical (unpaired) electrons. The lowest BCUT2D eigenvalue weighted by Gasteiger charge is -2.37. The van der Waals surface area contributed by atoms with E-state index < -0.39 is 0 Å². The van der Waals surface area contributed by atoms with Gasteiger partial charge >= 0.3 is 0 Å². The van der Waals surface area contributed by atoms with Gasteiger partial charge < -0.3 is 4.74 Å². The molecule has 1 aromatic carbocycles. The monoisotopic (exact) mass is 366 g/mol. The number of unbranched alkanes of at least 4 members (excludes halogenated alkanes) is 1. The van der Waals surface area contributed by atoms with Crippen LogP contribution in [0.25, 0.3) is 0 Å². The van der Waals surface area contributed by atoms with E-state index in [0.29, 0.717) is 6.54 Å². The molecule has 6 heteroatoms. The molecule has 0 aromatic heterocycles. The maximum absolute atomic E-state index is 12.3. The van der Waals surface area contributed by atoms with Crippen LogP contribution in [0.15, 0.2) is 24.3 Å². The second kappa shape index (κ2) is 9.46. The highest BCUT2D eigenvalue weighted by atomic mass is 32.2. The zero-order valence-electron chi connectivity index (χ0n) is 15.5. The van der Waals surface area contributed by atoms with Crippen molar-refractivity contribution < 1.29 is 14.7 Å². The maximum Gasteiger partial charge on any atom is 0.262 e. The molecule has 1 aromatic rings. The van der Waals surface area contributed by atoms with Crippen LogP contribution in [-0.2, 0) is 11.3 Å². The molecular formula is C19H30N2O3S. The summed E-state index contributed by atoms with van der Waals surface area (Å²) in [5.41, 5.74) is 3.00. The second-order valence-electron chi connectivity index (χ2n) is 7.00. The van der Waals surface area contributed by atoms with Gasteiger partial charge in [-0.05, 0) is 50.1 Å². The normalized spacial score (nSPS) is 20.7. The van der Waals surface area contributed by atoms with Gasteiger partial charge in [0.05, 0.1) is 6.61 Å². The van der Waals surface area contributed by atoms with Crippen LogP contribution in [0, 0.1) is 0 Å². The number of thioether (sulfide) groups is 1. The molecule has 1 aliphatic heterocycles. The fraction of sp³-hybridized carbons (Fsp3) is 0.632. The third-order valence-electron chi connectivity index (χ3n) is 4.52. The largest absolute Gasteiger partial charge is 0.494 e. The van der Waals surface area contributed by atoms with E-state index in [1.807, 2.05) is 17.6 Å². The molecule has 0 aliphatic carbocycles. The molecule has 1 fully saturated rings. The highest BCUT2D eigenvalue weighted by molar-refractivity contribution is 8.00. The molecule has 0 spiro atoms. The number of nitrogens with one attached hydrogen (secondary N) is 1. The summed E-state index contributed by atoms with van der Waals surface area (Å²) in [6, 6.07) is 7.72. The third kappa shape index (κ3) is 5.62. The highest BCUT2D eigenvalue weighted by Crippen LogP contribution is 2.35. The van der Waals surface area contributed by atoms with Gasteiger partial charge in [-0.15, -0.1) is 0 Å². The third-order valence-corrected chi connectivity index (χ3v) is 5.98. The smallest absolute Gasteiger partial charge is 0.262 e. The van der Waals surface area contributed by atoms with Crippen LogP contribution in [0.5, 0.6) is 5.75 Å². The Hall–Kier alpha value is -1.24. The number of nitrogens with zero attached hydrogens (tertiary/aromatic N) is 1. The lowest BCUT2D eigenvalue weighted by Crippen LogP contribution is -2.55. The van der Waals surface area contributed by atoms with Gasteiger partial charge in [0.15, 0.2) is 0 Å². The summed E-state index contributed by atoms with van der Waals surface area (Å²) in [6.07, 6.45) is 3.21. The summed E-state index contributed by atoms with van der Waals surface area (Å²) in [7, 11) is 0. The Morgan fingerprint density at radius 1 is 1.40 bits per heavy atom. The van der Waals surface area contributed by atoms with Crippen molar-refractivity contribution in [2.24, 2.45) is 0 Å². The second-order valence-corrected chi connectivity index (χ2v) is 8.75. The van der Waals surface area contributed by atoms with E-state index in [0.717, 1.165) is 49.5 Å². The zero-order chi connectivity index (χ0) is 18.3. The first-order valence-corrected chi connectivity index (χ1v) is 10.00. The highest BCUT2D eigenvalue weighted by Gasteiger charge is 2.41. The van der Waals surface area contributed by atoms with Crippen molar-refractivity contribution in [3.63, 3.8) is 0 Å². The fourth-order valence-corrected chi connectivity index (χ4v) is 4.44. The first kappa shape index (κ1) is 20.1. The molecule has 1 heterocycles. The summed E-state index contributed by atoms with van der Waals surface area (Å²) in [5.74, 6) is 1.57. The van der Waals surface area contributed by atoms with Gasteiger partial charge in [0, 0.05) is 17.8 Å². The van der Waals surface area contributed by atoms with Gasteiger partial charge in [-0.3, -0.25) is 14.9 Å². The number of hydrogen-bond donors (Lipinski definition) is 2. The summed E-state index contributed by atoms with van der Waals surface area (Å²) in [4.78, 5) is 14.5. The van der Waals surface area contributed by atoms with Gasteiger partial charge in [0.25, 0.3) is 5.91 Å². The minimum absolute atomic E-state index is 0.257. The molecule has 25 heavy (non-hydrogen) atoms. The standard InChI is InChI=1S/C19H30N2O3S/c1-4-5-12-24-16-9-7-15(8-10-16)14-21-11-6-13-25-19(2,3)17(21)18(22)20-23/h7-10,17,23H,4-6,11-14H2,1-3H3,(H,20,22)/t17-/m0/s1. The van der Waals surface area contributed by atoms with Crippen molar-refractivity contribution >= 4 is 17.7 Å². The molecule has 2 N–H and O–H groups in total. The van der Waals surface area contributed by atoms with Crippen molar-refractivity contribution in [1.82, 2.24) is 10.4 Å². The Morgan fingerprint density at radius 2 is 2.12 bits per heavy atom. The molecule has 140 valence electrons. The van der Waals surface area contributed by atoms with Gasteiger partial charge in [0.2, 0.25) is 0 Å². The van der Waals surface area contributed by atoms with Gasteiger partial charge in [-0.1, -0.05) is 25.5 Å².